The lowest BCUT2D eigenvalue weighted by molar-refractivity contribution is 0.0132. The van der Waals surface area contributed by atoms with E-state index in [1.54, 1.807) is 33.8 Å². The van der Waals surface area contributed by atoms with E-state index in [2.05, 4.69) is 5.32 Å². The van der Waals surface area contributed by atoms with Crippen LogP contribution in [0.5, 0.6) is 0 Å². The van der Waals surface area contributed by atoms with Crippen LogP contribution in [0, 0.1) is 0 Å². The molecule has 2 rings (SSSR count). The first-order valence-corrected chi connectivity index (χ1v) is 8.52. The monoisotopic (exact) mass is 359 g/mol. The summed E-state index contributed by atoms with van der Waals surface area (Å²) in [7, 11) is 0. The second-order valence-corrected chi connectivity index (χ2v) is 7.05. The van der Waals surface area contributed by atoms with Crippen LogP contribution in [0.15, 0.2) is 53.1 Å². The third-order valence-electron chi connectivity index (χ3n) is 3.56. The van der Waals surface area contributed by atoms with Gasteiger partial charge in [0.15, 0.2) is 0 Å². The highest BCUT2D eigenvalue weighted by Crippen LogP contribution is 2.14. The van der Waals surface area contributed by atoms with Crippen LogP contribution in [0.25, 0.3) is 0 Å². The van der Waals surface area contributed by atoms with E-state index in [0.29, 0.717) is 6.42 Å². The lowest BCUT2D eigenvalue weighted by Crippen LogP contribution is -2.46. The standard InChI is InChI=1S/C20H25NO5/c1-14(21-19(23)26-20(2,3)4)17(13-15-9-6-5-7-10-15)25-18(22)16-11-8-12-24-16/h5-12,14,17H,13H2,1-4H3,(H,21,23)/t14-,17-/m0/s1. The van der Waals surface area contributed by atoms with Crippen molar-refractivity contribution in [3.8, 4) is 0 Å². The molecule has 1 aromatic heterocycles. The van der Waals surface area contributed by atoms with Crippen LogP contribution in [-0.2, 0) is 15.9 Å². The van der Waals surface area contributed by atoms with E-state index in [1.165, 1.54) is 12.3 Å². The number of esters is 1. The number of ether oxygens (including phenoxy) is 2. The van der Waals surface area contributed by atoms with Gasteiger partial charge in [0, 0.05) is 6.42 Å². The summed E-state index contributed by atoms with van der Waals surface area (Å²) in [6.45, 7) is 7.13. The molecule has 6 heteroatoms. The maximum Gasteiger partial charge on any atom is 0.407 e. The van der Waals surface area contributed by atoms with Gasteiger partial charge in [-0.2, -0.15) is 0 Å². The molecular formula is C20H25NO5. The predicted molar refractivity (Wildman–Crippen MR) is 96.9 cm³/mol. The first-order chi connectivity index (χ1) is 12.2. The zero-order chi connectivity index (χ0) is 19.2. The Morgan fingerprint density at radius 3 is 2.38 bits per heavy atom. The van der Waals surface area contributed by atoms with Gasteiger partial charge in [-0.15, -0.1) is 0 Å². The summed E-state index contributed by atoms with van der Waals surface area (Å²) < 4.78 is 16.0. The van der Waals surface area contributed by atoms with E-state index in [4.69, 9.17) is 13.9 Å². The van der Waals surface area contributed by atoms with Gasteiger partial charge >= 0.3 is 12.1 Å². The fraction of sp³-hybridized carbons (Fsp3) is 0.400. The van der Waals surface area contributed by atoms with E-state index < -0.39 is 29.8 Å². The highest BCUT2D eigenvalue weighted by molar-refractivity contribution is 5.86. The summed E-state index contributed by atoms with van der Waals surface area (Å²) in [6, 6.07) is 12.3. The van der Waals surface area contributed by atoms with Crippen molar-refractivity contribution in [1.29, 1.82) is 0 Å². The van der Waals surface area contributed by atoms with Crippen molar-refractivity contribution in [2.75, 3.05) is 0 Å². The Morgan fingerprint density at radius 1 is 1.12 bits per heavy atom. The van der Waals surface area contributed by atoms with Crippen LogP contribution in [0.1, 0.15) is 43.8 Å². The Morgan fingerprint density at radius 2 is 1.81 bits per heavy atom. The summed E-state index contributed by atoms with van der Waals surface area (Å²) in [5.74, 6) is -0.457. The third kappa shape index (κ3) is 6.27. The smallest absolute Gasteiger partial charge is 0.407 e. The lowest BCUT2D eigenvalue weighted by Gasteiger charge is -2.27. The average molecular weight is 359 g/mol. The molecule has 0 fully saturated rings. The molecule has 140 valence electrons. The molecule has 1 heterocycles. The van der Waals surface area contributed by atoms with Gasteiger partial charge in [0.05, 0.1) is 12.3 Å². The number of alkyl carbamates (subject to hydrolysis) is 1. The molecule has 0 spiro atoms. The molecular weight excluding hydrogens is 334 g/mol. The first kappa shape index (κ1) is 19.6. The van der Waals surface area contributed by atoms with Crippen molar-refractivity contribution >= 4 is 12.1 Å². The minimum Gasteiger partial charge on any atom is -0.457 e. The van der Waals surface area contributed by atoms with Gasteiger partial charge in [0.25, 0.3) is 0 Å². The van der Waals surface area contributed by atoms with Crippen LogP contribution in [-0.4, -0.2) is 29.8 Å². The molecule has 0 aliphatic heterocycles. The molecule has 1 aromatic carbocycles. The van der Waals surface area contributed by atoms with Crippen molar-refractivity contribution in [1.82, 2.24) is 5.32 Å². The molecule has 1 amide bonds. The van der Waals surface area contributed by atoms with Gasteiger partial charge in [0.1, 0.15) is 11.7 Å². The molecule has 2 atom stereocenters. The Kier molecular flexibility index (Phi) is 6.44. The minimum absolute atomic E-state index is 0.118. The normalized spacial score (nSPS) is 13.5. The zero-order valence-electron chi connectivity index (χ0n) is 15.5. The molecule has 1 N–H and O–H groups in total. The third-order valence-corrected chi connectivity index (χ3v) is 3.56. The fourth-order valence-electron chi connectivity index (χ4n) is 2.34. The van der Waals surface area contributed by atoms with Crippen LogP contribution in [0.2, 0.25) is 0 Å². The summed E-state index contributed by atoms with van der Waals surface area (Å²) in [5, 5.41) is 2.74. The number of rotatable bonds is 6. The van der Waals surface area contributed by atoms with Gasteiger partial charge in [-0.3, -0.25) is 0 Å². The Balaban J connectivity index is 2.08. The Hall–Kier alpha value is -2.76. The summed E-state index contributed by atoms with van der Waals surface area (Å²) in [6.07, 6.45) is 0.717. The van der Waals surface area contributed by atoms with Crippen LogP contribution in [0.4, 0.5) is 4.79 Å². The average Bonchev–Trinajstić information content (AvgIpc) is 3.07. The van der Waals surface area contributed by atoms with Crippen molar-refractivity contribution in [2.45, 2.75) is 51.9 Å². The van der Waals surface area contributed by atoms with Gasteiger partial charge in [0.2, 0.25) is 5.76 Å². The molecule has 0 radical (unpaired) electrons. The number of hydrogen-bond acceptors (Lipinski definition) is 5. The SMILES string of the molecule is C[C@H](NC(=O)OC(C)(C)C)[C@H](Cc1ccccc1)OC(=O)c1ccco1. The van der Waals surface area contributed by atoms with Crippen molar-refractivity contribution in [2.24, 2.45) is 0 Å². The number of carbonyl (C=O) groups is 2. The molecule has 0 unspecified atom stereocenters. The molecule has 26 heavy (non-hydrogen) atoms. The van der Waals surface area contributed by atoms with E-state index in [-0.39, 0.29) is 5.76 Å². The van der Waals surface area contributed by atoms with Crippen molar-refractivity contribution in [3.63, 3.8) is 0 Å². The largest absolute Gasteiger partial charge is 0.457 e. The first-order valence-electron chi connectivity index (χ1n) is 8.52. The second-order valence-electron chi connectivity index (χ2n) is 7.05. The Labute approximate surface area is 153 Å². The zero-order valence-corrected chi connectivity index (χ0v) is 15.5. The van der Waals surface area contributed by atoms with Gasteiger partial charge in [-0.25, -0.2) is 9.59 Å². The molecule has 0 aliphatic rings. The number of nitrogens with one attached hydrogen (secondary N) is 1. The van der Waals surface area contributed by atoms with Gasteiger partial charge in [-0.05, 0) is 45.4 Å². The molecule has 0 saturated carbocycles. The topological polar surface area (TPSA) is 77.8 Å². The highest BCUT2D eigenvalue weighted by Gasteiger charge is 2.27. The summed E-state index contributed by atoms with van der Waals surface area (Å²) in [5.41, 5.74) is 0.381. The van der Waals surface area contributed by atoms with E-state index in [9.17, 15) is 9.59 Å². The quantitative estimate of drug-likeness (QED) is 0.790. The maximum absolute atomic E-state index is 12.3. The lowest BCUT2D eigenvalue weighted by atomic mass is 10.0. The van der Waals surface area contributed by atoms with E-state index in [0.717, 1.165) is 5.56 Å². The van der Waals surface area contributed by atoms with Crippen LogP contribution < -0.4 is 5.32 Å². The van der Waals surface area contributed by atoms with Crippen molar-refractivity contribution < 1.29 is 23.5 Å². The summed E-state index contributed by atoms with van der Waals surface area (Å²) in [4.78, 5) is 24.3. The van der Waals surface area contributed by atoms with Crippen LogP contribution in [0.3, 0.4) is 0 Å². The number of benzene rings is 1. The Bertz CT molecular complexity index is 704. The number of furan rings is 1. The van der Waals surface area contributed by atoms with Crippen molar-refractivity contribution in [3.05, 3.63) is 60.1 Å². The van der Waals surface area contributed by atoms with Gasteiger partial charge in [-0.1, -0.05) is 30.3 Å². The molecule has 0 bridgehead atoms. The minimum atomic E-state index is -0.608. The van der Waals surface area contributed by atoms with Gasteiger partial charge < -0.3 is 19.2 Å². The molecule has 0 saturated heterocycles. The second kappa shape index (κ2) is 8.56. The van der Waals surface area contributed by atoms with Crippen LogP contribution >= 0.6 is 0 Å². The number of amides is 1. The molecule has 2 aromatic rings. The number of carbonyl (C=O) groups excluding carboxylic acids is 2. The molecule has 0 aliphatic carbocycles. The predicted octanol–water partition coefficient (Wildman–Crippen LogP) is 3.96. The number of hydrogen-bond donors (Lipinski definition) is 1. The highest BCUT2D eigenvalue weighted by atomic mass is 16.6. The fourth-order valence-corrected chi connectivity index (χ4v) is 2.34. The molecule has 6 nitrogen and oxygen atoms in total. The van der Waals surface area contributed by atoms with E-state index >= 15 is 0 Å². The maximum atomic E-state index is 12.3. The van der Waals surface area contributed by atoms with E-state index in [1.807, 2.05) is 30.3 Å². The summed E-state index contributed by atoms with van der Waals surface area (Å²) >= 11 is 0.